The molecular formula is C15H15F2NOS. The summed E-state index contributed by atoms with van der Waals surface area (Å²) in [4.78, 5) is 0.764. The van der Waals surface area contributed by atoms with E-state index in [2.05, 4.69) is 5.32 Å². The van der Waals surface area contributed by atoms with Gasteiger partial charge in [0.15, 0.2) is 0 Å². The van der Waals surface area contributed by atoms with Crippen molar-refractivity contribution in [2.24, 2.45) is 0 Å². The zero-order valence-electron chi connectivity index (χ0n) is 11.2. The third kappa shape index (κ3) is 3.49. The summed E-state index contributed by atoms with van der Waals surface area (Å²) in [6.07, 6.45) is 0. The molecule has 2 aromatic rings. The van der Waals surface area contributed by atoms with Gasteiger partial charge < -0.3 is 10.1 Å². The molecule has 20 heavy (non-hydrogen) atoms. The van der Waals surface area contributed by atoms with Crippen molar-refractivity contribution in [2.75, 3.05) is 14.2 Å². The van der Waals surface area contributed by atoms with Crippen LogP contribution in [0.25, 0.3) is 0 Å². The SMILES string of the molecule is CNCc1cc(F)c(Sc2ccc(OC)cc2)c(F)c1. The van der Waals surface area contributed by atoms with Crippen LogP contribution in [0.4, 0.5) is 8.78 Å². The van der Waals surface area contributed by atoms with Gasteiger partial charge in [0, 0.05) is 11.4 Å². The number of ether oxygens (including phenoxy) is 1. The molecule has 2 aromatic carbocycles. The summed E-state index contributed by atoms with van der Waals surface area (Å²) in [7, 11) is 3.30. The highest BCUT2D eigenvalue weighted by Gasteiger charge is 2.12. The summed E-state index contributed by atoms with van der Waals surface area (Å²) in [5, 5.41) is 2.87. The molecule has 0 atom stereocenters. The van der Waals surface area contributed by atoms with Gasteiger partial charge in [-0.15, -0.1) is 0 Å². The van der Waals surface area contributed by atoms with E-state index in [0.717, 1.165) is 16.7 Å². The Hall–Kier alpha value is -1.59. The van der Waals surface area contributed by atoms with Crippen LogP contribution >= 0.6 is 11.8 Å². The minimum Gasteiger partial charge on any atom is -0.497 e. The predicted molar refractivity (Wildman–Crippen MR) is 76.2 cm³/mol. The lowest BCUT2D eigenvalue weighted by Crippen LogP contribution is -2.06. The minimum absolute atomic E-state index is 0.00928. The third-order valence-corrected chi connectivity index (χ3v) is 3.82. The lowest BCUT2D eigenvalue weighted by Gasteiger charge is -2.08. The van der Waals surface area contributed by atoms with E-state index in [0.29, 0.717) is 17.9 Å². The van der Waals surface area contributed by atoms with Crippen LogP contribution in [0.2, 0.25) is 0 Å². The Morgan fingerprint density at radius 3 is 2.20 bits per heavy atom. The molecule has 0 radical (unpaired) electrons. The van der Waals surface area contributed by atoms with Crippen LogP contribution in [-0.4, -0.2) is 14.2 Å². The molecule has 5 heteroatoms. The Balaban J connectivity index is 2.23. The number of halogens is 2. The Bertz CT molecular complexity index is 564. The molecule has 2 rings (SSSR count). The molecule has 0 unspecified atom stereocenters. The molecule has 0 aliphatic heterocycles. The first kappa shape index (κ1) is 14.8. The lowest BCUT2D eigenvalue weighted by atomic mass is 10.2. The van der Waals surface area contributed by atoms with Gasteiger partial charge in [-0.25, -0.2) is 8.78 Å². The quantitative estimate of drug-likeness (QED) is 0.905. The fourth-order valence-electron chi connectivity index (χ4n) is 1.78. The first-order valence-electron chi connectivity index (χ1n) is 6.08. The molecule has 0 saturated heterocycles. The maximum atomic E-state index is 14.0. The number of methoxy groups -OCH3 is 1. The molecule has 0 bridgehead atoms. The second-order valence-electron chi connectivity index (χ2n) is 4.20. The van der Waals surface area contributed by atoms with Gasteiger partial charge in [-0.1, -0.05) is 11.8 Å². The smallest absolute Gasteiger partial charge is 0.140 e. The van der Waals surface area contributed by atoms with Gasteiger partial charge in [-0.3, -0.25) is 0 Å². The van der Waals surface area contributed by atoms with E-state index < -0.39 is 11.6 Å². The van der Waals surface area contributed by atoms with Crippen LogP contribution in [0.15, 0.2) is 46.2 Å². The van der Waals surface area contributed by atoms with E-state index in [9.17, 15) is 8.78 Å². The zero-order chi connectivity index (χ0) is 14.5. The highest BCUT2D eigenvalue weighted by atomic mass is 32.2. The van der Waals surface area contributed by atoms with E-state index in [1.807, 2.05) is 0 Å². The summed E-state index contributed by atoms with van der Waals surface area (Å²) < 4.78 is 32.9. The number of hydrogen-bond acceptors (Lipinski definition) is 3. The summed E-state index contributed by atoms with van der Waals surface area (Å²) in [5.74, 6) is -0.383. The van der Waals surface area contributed by atoms with Crippen LogP contribution in [0.5, 0.6) is 5.75 Å². The van der Waals surface area contributed by atoms with E-state index in [1.165, 1.54) is 12.1 Å². The van der Waals surface area contributed by atoms with Crippen LogP contribution in [0, 0.1) is 11.6 Å². The number of nitrogens with one attached hydrogen (secondary N) is 1. The molecule has 0 amide bonds. The highest BCUT2D eigenvalue weighted by Crippen LogP contribution is 2.33. The monoisotopic (exact) mass is 295 g/mol. The van der Waals surface area contributed by atoms with Gasteiger partial charge in [0.2, 0.25) is 0 Å². The first-order chi connectivity index (χ1) is 9.63. The number of benzene rings is 2. The topological polar surface area (TPSA) is 21.3 Å². The van der Waals surface area contributed by atoms with Gasteiger partial charge in [-0.05, 0) is 49.0 Å². The number of hydrogen-bond donors (Lipinski definition) is 1. The van der Waals surface area contributed by atoms with Gasteiger partial charge >= 0.3 is 0 Å². The number of rotatable bonds is 5. The second-order valence-corrected chi connectivity index (χ2v) is 5.28. The van der Waals surface area contributed by atoms with Crippen molar-refractivity contribution in [3.8, 4) is 5.75 Å². The average Bonchev–Trinajstić information content (AvgIpc) is 2.44. The summed E-state index contributed by atoms with van der Waals surface area (Å²) in [6, 6.07) is 9.76. The summed E-state index contributed by atoms with van der Waals surface area (Å²) in [5.41, 5.74) is 0.585. The predicted octanol–water partition coefficient (Wildman–Crippen LogP) is 3.84. The van der Waals surface area contributed by atoms with Gasteiger partial charge in [-0.2, -0.15) is 0 Å². The van der Waals surface area contributed by atoms with Crippen LogP contribution in [-0.2, 0) is 6.54 Å². The third-order valence-electron chi connectivity index (χ3n) is 2.72. The zero-order valence-corrected chi connectivity index (χ0v) is 12.1. The molecule has 1 N–H and O–H groups in total. The average molecular weight is 295 g/mol. The van der Waals surface area contributed by atoms with E-state index in [1.54, 1.807) is 38.4 Å². The Labute approximate surface area is 121 Å². The lowest BCUT2D eigenvalue weighted by molar-refractivity contribution is 0.414. The minimum atomic E-state index is -0.545. The molecule has 0 spiro atoms. The first-order valence-corrected chi connectivity index (χ1v) is 6.90. The molecular weight excluding hydrogens is 280 g/mol. The molecule has 0 aromatic heterocycles. The molecule has 2 nitrogen and oxygen atoms in total. The van der Waals surface area contributed by atoms with E-state index >= 15 is 0 Å². The van der Waals surface area contributed by atoms with E-state index in [4.69, 9.17) is 4.74 Å². The highest BCUT2D eigenvalue weighted by molar-refractivity contribution is 7.99. The summed E-state index contributed by atoms with van der Waals surface area (Å²) >= 11 is 1.06. The molecule has 0 aliphatic carbocycles. The molecule has 106 valence electrons. The van der Waals surface area contributed by atoms with Crippen molar-refractivity contribution in [1.29, 1.82) is 0 Å². The fourth-order valence-corrected chi connectivity index (χ4v) is 2.60. The van der Waals surface area contributed by atoms with Crippen molar-refractivity contribution >= 4 is 11.8 Å². The maximum absolute atomic E-state index is 14.0. The van der Waals surface area contributed by atoms with Gasteiger partial charge in [0.1, 0.15) is 17.4 Å². The van der Waals surface area contributed by atoms with Crippen molar-refractivity contribution in [1.82, 2.24) is 5.32 Å². The Kier molecular flexibility index (Phi) is 4.98. The van der Waals surface area contributed by atoms with Gasteiger partial charge in [0.05, 0.1) is 12.0 Å². The van der Waals surface area contributed by atoms with Crippen molar-refractivity contribution in [3.05, 3.63) is 53.6 Å². The van der Waals surface area contributed by atoms with Crippen LogP contribution in [0.1, 0.15) is 5.56 Å². The summed E-state index contributed by atoms with van der Waals surface area (Å²) in [6.45, 7) is 0.432. The van der Waals surface area contributed by atoms with Crippen molar-refractivity contribution in [3.63, 3.8) is 0 Å². The fraction of sp³-hybridized carbons (Fsp3) is 0.200. The largest absolute Gasteiger partial charge is 0.497 e. The molecule has 0 heterocycles. The van der Waals surface area contributed by atoms with Crippen molar-refractivity contribution < 1.29 is 13.5 Å². The van der Waals surface area contributed by atoms with E-state index in [-0.39, 0.29) is 4.90 Å². The Morgan fingerprint density at radius 2 is 1.70 bits per heavy atom. The van der Waals surface area contributed by atoms with Crippen molar-refractivity contribution in [2.45, 2.75) is 16.3 Å². The molecule has 0 saturated carbocycles. The maximum Gasteiger partial charge on any atom is 0.140 e. The molecule has 0 fully saturated rings. The van der Waals surface area contributed by atoms with Crippen LogP contribution < -0.4 is 10.1 Å². The second kappa shape index (κ2) is 6.72. The van der Waals surface area contributed by atoms with Crippen LogP contribution in [0.3, 0.4) is 0 Å². The Morgan fingerprint density at radius 1 is 1.10 bits per heavy atom. The molecule has 0 aliphatic rings. The standard InChI is InChI=1S/C15H15F2NOS/c1-18-9-10-7-13(16)15(14(17)8-10)20-12-5-3-11(19-2)4-6-12/h3-8,18H,9H2,1-2H3. The van der Waals surface area contributed by atoms with Gasteiger partial charge in [0.25, 0.3) is 0 Å². The normalized spacial score (nSPS) is 10.6.